The Morgan fingerprint density at radius 2 is 1.87 bits per heavy atom. The second-order valence-corrected chi connectivity index (χ2v) is 4.88. The zero-order valence-corrected chi connectivity index (χ0v) is 12.4. The minimum absolute atomic E-state index is 0.0876. The fourth-order valence-corrected chi connectivity index (χ4v) is 1.88. The first kappa shape index (κ1) is 16.4. The molecule has 0 aromatic heterocycles. The van der Waals surface area contributed by atoms with E-state index in [4.69, 9.17) is 16.3 Å². The molecule has 0 bridgehead atoms. The van der Waals surface area contributed by atoms with Crippen LogP contribution in [0.4, 0.5) is 11.4 Å². The Morgan fingerprint density at radius 3 is 2.48 bits per heavy atom. The Bertz CT molecular complexity index is 746. The van der Waals surface area contributed by atoms with Gasteiger partial charge in [-0.15, -0.1) is 0 Å². The number of hydrogen-bond donors (Lipinski definition) is 1. The molecular formula is C15H11ClN2O5. The first-order chi connectivity index (χ1) is 11.0. The van der Waals surface area contributed by atoms with Crippen LogP contribution >= 0.6 is 11.6 Å². The van der Waals surface area contributed by atoms with E-state index >= 15 is 0 Å². The monoisotopic (exact) mass is 334 g/mol. The van der Waals surface area contributed by atoms with Gasteiger partial charge < -0.3 is 10.1 Å². The van der Waals surface area contributed by atoms with Crippen LogP contribution in [0.15, 0.2) is 48.5 Å². The summed E-state index contributed by atoms with van der Waals surface area (Å²) < 4.78 is 4.86. The summed E-state index contributed by atoms with van der Waals surface area (Å²) in [4.78, 5) is 33.4. The molecule has 8 heteroatoms. The number of halogens is 1. The average molecular weight is 335 g/mol. The van der Waals surface area contributed by atoms with E-state index in [2.05, 4.69) is 5.32 Å². The highest BCUT2D eigenvalue weighted by Gasteiger charge is 2.11. The molecule has 2 aromatic carbocycles. The smallest absolute Gasteiger partial charge is 0.338 e. The van der Waals surface area contributed by atoms with E-state index in [9.17, 15) is 19.7 Å². The third kappa shape index (κ3) is 4.79. The van der Waals surface area contributed by atoms with Crippen molar-refractivity contribution >= 4 is 34.9 Å². The highest BCUT2D eigenvalue weighted by atomic mass is 35.5. The van der Waals surface area contributed by atoms with Crippen LogP contribution in [0.1, 0.15) is 10.4 Å². The molecule has 0 spiro atoms. The van der Waals surface area contributed by atoms with Crippen molar-refractivity contribution in [1.29, 1.82) is 0 Å². The summed E-state index contributed by atoms with van der Waals surface area (Å²) in [5.74, 6) is -1.24. The maximum atomic E-state index is 11.7. The van der Waals surface area contributed by atoms with Crippen molar-refractivity contribution in [2.45, 2.75) is 0 Å². The van der Waals surface area contributed by atoms with Crippen LogP contribution in [0, 0.1) is 10.1 Å². The molecule has 0 saturated heterocycles. The molecule has 2 aromatic rings. The molecule has 118 valence electrons. The summed E-state index contributed by atoms with van der Waals surface area (Å²) >= 11 is 5.76. The minimum Gasteiger partial charge on any atom is -0.452 e. The Balaban J connectivity index is 1.87. The number of ether oxygens (including phenoxy) is 1. The largest absolute Gasteiger partial charge is 0.452 e. The molecule has 0 aliphatic heterocycles. The SMILES string of the molecule is O=C(COC(=O)c1cccc(Cl)c1)Nc1ccc([N+](=O)[O-])cc1. The first-order valence-corrected chi connectivity index (χ1v) is 6.80. The standard InChI is InChI=1S/C15H11ClN2O5/c16-11-3-1-2-10(8-11)15(20)23-9-14(19)17-12-4-6-13(7-5-12)18(21)22/h1-8H,9H2,(H,17,19). The number of carbonyl (C=O) groups excluding carboxylic acids is 2. The molecule has 23 heavy (non-hydrogen) atoms. The first-order valence-electron chi connectivity index (χ1n) is 6.43. The fraction of sp³-hybridized carbons (Fsp3) is 0.0667. The Kier molecular flexibility index (Phi) is 5.27. The molecule has 0 atom stereocenters. The van der Waals surface area contributed by atoms with Gasteiger partial charge >= 0.3 is 5.97 Å². The summed E-state index contributed by atoms with van der Waals surface area (Å²) in [5.41, 5.74) is 0.510. The van der Waals surface area contributed by atoms with Gasteiger partial charge in [0.05, 0.1) is 10.5 Å². The van der Waals surface area contributed by atoms with Crippen molar-refractivity contribution in [3.05, 3.63) is 69.2 Å². The van der Waals surface area contributed by atoms with Gasteiger partial charge in [0.2, 0.25) is 0 Å². The van der Waals surface area contributed by atoms with E-state index in [0.717, 1.165) is 0 Å². The van der Waals surface area contributed by atoms with Crippen LogP contribution in [0.3, 0.4) is 0 Å². The van der Waals surface area contributed by atoms with Crippen molar-refractivity contribution in [3.63, 3.8) is 0 Å². The average Bonchev–Trinajstić information content (AvgIpc) is 2.53. The maximum absolute atomic E-state index is 11.7. The number of amides is 1. The number of anilines is 1. The summed E-state index contributed by atoms with van der Waals surface area (Å²) in [6.45, 7) is -0.484. The number of non-ortho nitro benzene ring substituents is 1. The van der Waals surface area contributed by atoms with Gasteiger partial charge in [0.1, 0.15) is 0 Å². The topological polar surface area (TPSA) is 98.5 Å². The molecular weight excluding hydrogens is 324 g/mol. The van der Waals surface area contributed by atoms with E-state index < -0.39 is 23.4 Å². The lowest BCUT2D eigenvalue weighted by atomic mass is 10.2. The molecule has 0 radical (unpaired) electrons. The van der Waals surface area contributed by atoms with Gasteiger partial charge in [0, 0.05) is 22.8 Å². The summed E-state index contributed by atoms with van der Waals surface area (Å²) in [6.07, 6.45) is 0. The van der Waals surface area contributed by atoms with E-state index in [1.165, 1.54) is 36.4 Å². The molecule has 0 aliphatic rings. The van der Waals surface area contributed by atoms with Crippen molar-refractivity contribution in [2.75, 3.05) is 11.9 Å². The van der Waals surface area contributed by atoms with E-state index in [1.54, 1.807) is 12.1 Å². The molecule has 0 heterocycles. The van der Waals surface area contributed by atoms with Gasteiger partial charge in [-0.25, -0.2) is 4.79 Å². The molecule has 0 fully saturated rings. The number of nitro groups is 1. The van der Waals surface area contributed by atoms with Gasteiger partial charge in [-0.05, 0) is 30.3 Å². The van der Waals surface area contributed by atoms with Crippen LogP contribution in [0.5, 0.6) is 0 Å². The highest BCUT2D eigenvalue weighted by Crippen LogP contribution is 2.15. The zero-order valence-electron chi connectivity index (χ0n) is 11.7. The number of hydrogen-bond acceptors (Lipinski definition) is 5. The van der Waals surface area contributed by atoms with Crippen molar-refractivity contribution in [2.24, 2.45) is 0 Å². The van der Waals surface area contributed by atoms with Gasteiger partial charge in [-0.2, -0.15) is 0 Å². The molecule has 0 saturated carbocycles. The number of carbonyl (C=O) groups is 2. The normalized spacial score (nSPS) is 9.96. The summed E-state index contributed by atoms with van der Waals surface area (Å²) in [6, 6.07) is 11.4. The van der Waals surface area contributed by atoms with E-state index in [-0.39, 0.29) is 11.3 Å². The van der Waals surface area contributed by atoms with Crippen LogP contribution in [-0.4, -0.2) is 23.4 Å². The lowest BCUT2D eigenvalue weighted by molar-refractivity contribution is -0.384. The number of esters is 1. The number of rotatable bonds is 5. The second-order valence-electron chi connectivity index (χ2n) is 4.44. The third-order valence-corrected chi connectivity index (χ3v) is 2.99. The van der Waals surface area contributed by atoms with Gasteiger partial charge in [0.15, 0.2) is 6.61 Å². The summed E-state index contributed by atoms with van der Waals surface area (Å²) in [7, 11) is 0. The molecule has 0 aliphatic carbocycles. The van der Waals surface area contributed by atoms with Crippen LogP contribution < -0.4 is 5.32 Å². The third-order valence-electron chi connectivity index (χ3n) is 2.76. The Labute approximate surface area is 136 Å². The zero-order chi connectivity index (χ0) is 16.8. The van der Waals surface area contributed by atoms with Crippen molar-refractivity contribution < 1.29 is 19.2 Å². The fourth-order valence-electron chi connectivity index (χ4n) is 1.69. The Morgan fingerprint density at radius 1 is 1.17 bits per heavy atom. The van der Waals surface area contributed by atoms with Crippen molar-refractivity contribution in [3.8, 4) is 0 Å². The van der Waals surface area contributed by atoms with Crippen molar-refractivity contribution in [1.82, 2.24) is 0 Å². The predicted octanol–water partition coefficient (Wildman–Crippen LogP) is 3.04. The molecule has 1 N–H and O–H groups in total. The second kappa shape index (κ2) is 7.37. The van der Waals surface area contributed by atoms with E-state index in [0.29, 0.717) is 10.7 Å². The number of benzene rings is 2. The van der Waals surface area contributed by atoms with Gasteiger partial charge in [-0.3, -0.25) is 14.9 Å². The van der Waals surface area contributed by atoms with Gasteiger partial charge in [-0.1, -0.05) is 17.7 Å². The Hall–Kier alpha value is -2.93. The molecule has 7 nitrogen and oxygen atoms in total. The van der Waals surface area contributed by atoms with Gasteiger partial charge in [0.25, 0.3) is 11.6 Å². The maximum Gasteiger partial charge on any atom is 0.338 e. The number of nitro benzene ring substituents is 1. The lowest BCUT2D eigenvalue weighted by Crippen LogP contribution is -2.20. The number of nitrogens with zero attached hydrogens (tertiary/aromatic N) is 1. The molecule has 1 amide bonds. The summed E-state index contributed by atoms with van der Waals surface area (Å²) in [5, 5.41) is 13.4. The molecule has 2 rings (SSSR count). The van der Waals surface area contributed by atoms with E-state index in [1.807, 2.05) is 0 Å². The predicted molar refractivity (Wildman–Crippen MR) is 83.5 cm³/mol. The van der Waals surface area contributed by atoms with Crippen LogP contribution in [0.2, 0.25) is 5.02 Å². The number of nitrogens with one attached hydrogen (secondary N) is 1. The quantitative estimate of drug-likeness (QED) is 0.514. The highest BCUT2D eigenvalue weighted by molar-refractivity contribution is 6.30. The lowest BCUT2D eigenvalue weighted by Gasteiger charge is -2.06. The minimum atomic E-state index is -0.675. The van der Waals surface area contributed by atoms with Crippen LogP contribution in [0.25, 0.3) is 0 Å². The molecule has 0 unspecified atom stereocenters. The van der Waals surface area contributed by atoms with Crippen LogP contribution in [-0.2, 0) is 9.53 Å².